The molecule has 5 rings (SSSR count). The van der Waals surface area contributed by atoms with E-state index in [1.165, 1.54) is 11.5 Å². The number of pyridine rings is 1. The molecule has 1 fully saturated rings. The first kappa shape index (κ1) is 18.9. The van der Waals surface area contributed by atoms with Gasteiger partial charge in [-0.15, -0.1) is 0 Å². The topological polar surface area (TPSA) is 77.0 Å². The molecule has 0 saturated carbocycles. The molecular weight excluding hydrogens is 386 g/mol. The Balaban J connectivity index is 1.55. The van der Waals surface area contributed by atoms with Gasteiger partial charge in [0.15, 0.2) is 0 Å². The normalized spacial score (nSPS) is 15.7. The van der Waals surface area contributed by atoms with Crippen LogP contribution in [0, 0.1) is 11.8 Å². The second-order valence-electron chi connectivity index (χ2n) is 7.63. The summed E-state index contributed by atoms with van der Waals surface area (Å²) >= 11 is 0. The molecule has 0 bridgehead atoms. The van der Waals surface area contributed by atoms with Gasteiger partial charge in [-0.1, -0.05) is 42.8 Å². The molecule has 0 spiro atoms. The van der Waals surface area contributed by atoms with Gasteiger partial charge in [-0.25, -0.2) is 4.98 Å². The summed E-state index contributed by atoms with van der Waals surface area (Å²) < 4.78 is 1.94. The van der Waals surface area contributed by atoms with Crippen molar-refractivity contribution in [2.24, 2.45) is 0 Å². The fourth-order valence-electron chi connectivity index (χ4n) is 4.15. The highest BCUT2D eigenvalue weighted by Crippen LogP contribution is 2.29. The van der Waals surface area contributed by atoms with Crippen LogP contribution >= 0.6 is 0 Å². The van der Waals surface area contributed by atoms with Gasteiger partial charge in [0, 0.05) is 24.8 Å². The van der Waals surface area contributed by atoms with Gasteiger partial charge in [-0.2, -0.15) is 5.10 Å². The standard InChI is InChI=1S/C25H21N5O/c1-2-23(31)29-14-12-20(16-29)30-22-11-13-27-25(26)24(22)21(28-30)10-8-17-7-9-18-5-3-4-6-19(18)15-17/h2-7,9,11,13,15,20H,1,12,14,16H2,(H2,26,27)/t20-/m1/s1. The van der Waals surface area contributed by atoms with E-state index in [0.29, 0.717) is 24.6 Å². The SMILES string of the molecule is C=CC(=O)N1CC[C@@H](n2nc(C#Cc3ccc4ccccc4c3)c3c(N)nccc32)C1. The molecule has 0 aliphatic carbocycles. The van der Waals surface area contributed by atoms with Crippen molar-refractivity contribution in [3.63, 3.8) is 0 Å². The maximum absolute atomic E-state index is 12.0. The van der Waals surface area contributed by atoms with E-state index in [1.54, 1.807) is 11.1 Å². The van der Waals surface area contributed by atoms with Crippen LogP contribution in [0.2, 0.25) is 0 Å². The van der Waals surface area contributed by atoms with Crippen LogP contribution in [0.3, 0.4) is 0 Å². The second-order valence-corrected chi connectivity index (χ2v) is 7.63. The van der Waals surface area contributed by atoms with Crippen LogP contribution < -0.4 is 5.73 Å². The molecule has 6 heteroatoms. The van der Waals surface area contributed by atoms with E-state index in [2.05, 4.69) is 47.7 Å². The Morgan fingerprint density at radius 1 is 1.16 bits per heavy atom. The molecule has 1 aliphatic rings. The summed E-state index contributed by atoms with van der Waals surface area (Å²) in [7, 11) is 0. The van der Waals surface area contributed by atoms with Crippen LogP contribution in [-0.2, 0) is 4.79 Å². The number of carbonyl (C=O) groups is 1. The Kier molecular flexibility index (Phi) is 4.64. The van der Waals surface area contributed by atoms with Gasteiger partial charge in [-0.05, 0) is 47.4 Å². The monoisotopic (exact) mass is 407 g/mol. The Morgan fingerprint density at radius 3 is 2.84 bits per heavy atom. The number of benzene rings is 2. The molecule has 2 aromatic carbocycles. The zero-order chi connectivity index (χ0) is 21.4. The van der Waals surface area contributed by atoms with E-state index in [1.807, 2.05) is 28.9 Å². The summed E-state index contributed by atoms with van der Waals surface area (Å²) in [4.78, 5) is 18.0. The molecule has 152 valence electrons. The zero-order valence-corrected chi connectivity index (χ0v) is 17.0. The summed E-state index contributed by atoms with van der Waals surface area (Å²) in [6, 6.07) is 16.3. The van der Waals surface area contributed by atoms with Crippen molar-refractivity contribution in [2.75, 3.05) is 18.8 Å². The average Bonchev–Trinajstić information content (AvgIpc) is 3.43. The number of hydrogen-bond acceptors (Lipinski definition) is 4. The van der Waals surface area contributed by atoms with Gasteiger partial charge in [0.25, 0.3) is 0 Å². The van der Waals surface area contributed by atoms with Crippen molar-refractivity contribution < 1.29 is 4.79 Å². The van der Waals surface area contributed by atoms with Crippen LogP contribution in [0.5, 0.6) is 0 Å². The third kappa shape index (κ3) is 3.40. The van der Waals surface area contributed by atoms with E-state index < -0.39 is 0 Å². The number of likely N-dealkylation sites (tertiary alicyclic amines) is 1. The lowest BCUT2D eigenvalue weighted by molar-refractivity contribution is -0.125. The van der Waals surface area contributed by atoms with Gasteiger partial charge in [0.2, 0.25) is 5.91 Å². The maximum Gasteiger partial charge on any atom is 0.246 e. The highest BCUT2D eigenvalue weighted by Gasteiger charge is 2.28. The maximum atomic E-state index is 12.0. The van der Waals surface area contributed by atoms with Crippen molar-refractivity contribution in [2.45, 2.75) is 12.5 Å². The van der Waals surface area contributed by atoms with Gasteiger partial charge >= 0.3 is 0 Å². The summed E-state index contributed by atoms with van der Waals surface area (Å²) in [6.07, 6.45) is 3.85. The Labute approximate surface area is 180 Å². The molecule has 3 heterocycles. The molecule has 2 N–H and O–H groups in total. The van der Waals surface area contributed by atoms with Crippen LogP contribution in [0.15, 0.2) is 67.4 Å². The molecule has 0 unspecified atom stereocenters. The number of nitrogen functional groups attached to an aromatic ring is 1. The molecule has 4 aromatic rings. The Bertz CT molecular complexity index is 1390. The van der Waals surface area contributed by atoms with E-state index in [-0.39, 0.29) is 11.9 Å². The molecule has 6 nitrogen and oxygen atoms in total. The molecule has 31 heavy (non-hydrogen) atoms. The summed E-state index contributed by atoms with van der Waals surface area (Å²) in [6.45, 7) is 4.84. The number of aromatic nitrogens is 3. The Morgan fingerprint density at radius 2 is 2.00 bits per heavy atom. The highest BCUT2D eigenvalue weighted by molar-refractivity contribution is 5.93. The van der Waals surface area contributed by atoms with Gasteiger partial charge in [0.05, 0.1) is 16.9 Å². The van der Waals surface area contributed by atoms with Gasteiger partial charge in [0.1, 0.15) is 11.5 Å². The first-order valence-electron chi connectivity index (χ1n) is 10.2. The number of nitrogens with two attached hydrogens (primary N) is 1. The quantitative estimate of drug-likeness (QED) is 0.407. The first-order chi connectivity index (χ1) is 15.1. The van der Waals surface area contributed by atoms with Crippen LogP contribution in [-0.4, -0.2) is 38.7 Å². The van der Waals surface area contributed by atoms with Crippen molar-refractivity contribution in [1.29, 1.82) is 0 Å². The molecule has 1 saturated heterocycles. The molecule has 0 radical (unpaired) electrons. The zero-order valence-electron chi connectivity index (χ0n) is 17.0. The third-order valence-corrected chi connectivity index (χ3v) is 5.72. The van der Waals surface area contributed by atoms with Crippen LogP contribution in [0.25, 0.3) is 21.7 Å². The second kappa shape index (κ2) is 7.62. The number of fused-ring (bicyclic) bond motifs is 2. The minimum Gasteiger partial charge on any atom is -0.383 e. The Hall–Kier alpha value is -4.11. The number of carbonyl (C=O) groups excluding carboxylic acids is 1. The fourth-order valence-corrected chi connectivity index (χ4v) is 4.15. The van der Waals surface area contributed by atoms with Crippen molar-refractivity contribution >= 4 is 33.4 Å². The van der Waals surface area contributed by atoms with Crippen molar-refractivity contribution in [3.05, 3.63) is 78.6 Å². The predicted octanol–water partition coefficient (Wildman–Crippen LogP) is 3.53. The number of nitrogens with zero attached hydrogens (tertiary/aromatic N) is 4. The molecular formula is C25H21N5O. The van der Waals surface area contributed by atoms with Crippen molar-refractivity contribution in [1.82, 2.24) is 19.7 Å². The van der Waals surface area contributed by atoms with Crippen LogP contribution in [0.4, 0.5) is 5.82 Å². The minimum atomic E-state index is -0.0588. The molecule has 2 aromatic heterocycles. The number of hydrogen-bond donors (Lipinski definition) is 1. The number of rotatable bonds is 2. The molecule has 1 aliphatic heterocycles. The van der Waals surface area contributed by atoms with E-state index in [9.17, 15) is 4.79 Å². The van der Waals surface area contributed by atoms with E-state index in [0.717, 1.165) is 28.3 Å². The van der Waals surface area contributed by atoms with E-state index in [4.69, 9.17) is 10.8 Å². The van der Waals surface area contributed by atoms with Gasteiger partial charge in [-0.3, -0.25) is 9.48 Å². The lowest BCUT2D eigenvalue weighted by Crippen LogP contribution is -2.27. The summed E-state index contributed by atoms with van der Waals surface area (Å²) in [5, 5.41) is 7.86. The first-order valence-corrected chi connectivity index (χ1v) is 10.2. The van der Waals surface area contributed by atoms with Gasteiger partial charge < -0.3 is 10.6 Å². The number of anilines is 1. The average molecular weight is 407 g/mol. The fraction of sp³-hybridized carbons (Fsp3) is 0.160. The lowest BCUT2D eigenvalue weighted by atomic mass is 10.1. The number of amides is 1. The minimum absolute atomic E-state index is 0.0588. The lowest BCUT2D eigenvalue weighted by Gasteiger charge is -2.15. The largest absolute Gasteiger partial charge is 0.383 e. The van der Waals surface area contributed by atoms with Crippen LogP contribution in [0.1, 0.15) is 23.7 Å². The van der Waals surface area contributed by atoms with E-state index >= 15 is 0 Å². The third-order valence-electron chi connectivity index (χ3n) is 5.72. The smallest absolute Gasteiger partial charge is 0.246 e. The summed E-state index contributed by atoms with van der Waals surface area (Å²) in [5.74, 6) is 6.77. The highest BCUT2D eigenvalue weighted by atomic mass is 16.2. The predicted molar refractivity (Wildman–Crippen MR) is 122 cm³/mol. The molecule has 1 amide bonds. The molecule has 1 atom stereocenters. The van der Waals surface area contributed by atoms with Crippen molar-refractivity contribution in [3.8, 4) is 11.8 Å². The summed E-state index contributed by atoms with van der Waals surface area (Å²) in [5.41, 5.74) is 8.59.